The molecule has 0 radical (unpaired) electrons. The number of hydrogen-bond acceptors (Lipinski definition) is 4. The number of carbonyl (C=O) groups excluding carboxylic acids is 3. The van der Waals surface area contributed by atoms with Crippen molar-refractivity contribution in [1.82, 2.24) is 0 Å². The maximum atomic E-state index is 12.6. The first-order valence-corrected chi connectivity index (χ1v) is 11.7. The van der Waals surface area contributed by atoms with Gasteiger partial charge in [0, 0.05) is 30.4 Å². The summed E-state index contributed by atoms with van der Waals surface area (Å²) in [4.78, 5) is 36.7. The van der Waals surface area contributed by atoms with Gasteiger partial charge in [-0.1, -0.05) is 45.4 Å². The summed E-state index contributed by atoms with van der Waals surface area (Å²) >= 11 is 0. The minimum Gasteiger partial charge on any atom is -0.508 e. The highest BCUT2D eigenvalue weighted by atomic mass is 16.3. The quantitative estimate of drug-likeness (QED) is 0.309. The summed E-state index contributed by atoms with van der Waals surface area (Å²) in [6.45, 7) is 5.36. The molecule has 1 aliphatic carbocycles. The smallest absolute Gasteiger partial charge is 0.163 e. The van der Waals surface area contributed by atoms with Crippen molar-refractivity contribution in [1.29, 1.82) is 0 Å². The van der Waals surface area contributed by atoms with E-state index in [1.807, 2.05) is 0 Å². The molecule has 0 saturated heterocycles. The number of Topliss-reactive ketones (excluding diaryl/α,β-unsaturated/α-hetero) is 3. The predicted molar refractivity (Wildman–Crippen MR) is 120 cm³/mol. The number of phenolic OH excluding ortho intramolecular Hbond substituents is 1. The molecule has 1 saturated carbocycles. The lowest BCUT2D eigenvalue weighted by Crippen LogP contribution is -2.20. The molecule has 0 aromatic heterocycles. The molecule has 2 atom stereocenters. The fourth-order valence-electron chi connectivity index (χ4n) is 4.85. The lowest BCUT2D eigenvalue weighted by molar-refractivity contribution is -0.119. The molecule has 1 N–H and O–H groups in total. The van der Waals surface area contributed by atoms with Crippen molar-refractivity contribution in [3.63, 3.8) is 0 Å². The first-order valence-electron chi connectivity index (χ1n) is 11.7. The van der Waals surface area contributed by atoms with E-state index in [-0.39, 0.29) is 22.9 Å². The van der Waals surface area contributed by atoms with Gasteiger partial charge in [0.1, 0.15) is 11.5 Å². The summed E-state index contributed by atoms with van der Waals surface area (Å²) in [6.07, 6.45) is 11.7. The van der Waals surface area contributed by atoms with Crippen molar-refractivity contribution < 1.29 is 19.5 Å². The van der Waals surface area contributed by atoms with Crippen molar-refractivity contribution in [2.75, 3.05) is 0 Å². The molecule has 2 unspecified atom stereocenters. The average Bonchev–Trinajstić information content (AvgIpc) is 2.72. The minimum absolute atomic E-state index is 0.0292. The summed E-state index contributed by atoms with van der Waals surface area (Å²) in [6, 6.07) is 2.97. The molecule has 0 spiro atoms. The van der Waals surface area contributed by atoms with Gasteiger partial charge in [-0.15, -0.1) is 0 Å². The second kappa shape index (κ2) is 12.0. The number of ketones is 3. The lowest BCUT2D eigenvalue weighted by atomic mass is 9.74. The van der Waals surface area contributed by atoms with Gasteiger partial charge in [-0.05, 0) is 62.6 Å². The lowest BCUT2D eigenvalue weighted by Gasteiger charge is -2.31. The fraction of sp³-hybridized carbons (Fsp3) is 0.654. The molecule has 0 heterocycles. The predicted octanol–water partition coefficient (Wildman–Crippen LogP) is 6.60. The number of unbranched alkanes of at least 4 members (excludes halogenated alkanes) is 1. The number of aromatic hydroxyl groups is 1. The van der Waals surface area contributed by atoms with Crippen LogP contribution in [-0.4, -0.2) is 22.5 Å². The highest BCUT2D eigenvalue weighted by Crippen LogP contribution is 2.36. The van der Waals surface area contributed by atoms with Crippen LogP contribution in [0.1, 0.15) is 117 Å². The molecular formula is C26H38O4. The Labute approximate surface area is 181 Å². The summed E-state index contributed by atoms with van der Waals surface area (Å²) in [5.41, 5.74) is 1.24. The Balaban J connectivity index is 1.75. The maximum Gasteiger partial charge on any atom is 0.163 e. The first kappa shape index (κ1) is 24.3. The van der Waals surface area contributed by atoms with E-state index in [4.69, 9.17) is 0 Å². The number of rotatable bonds is 12. The van der Waals surface area contributed by atoms with Crippen molar-refractivity contribution in [2.24, 2.45) is 11.8 Å². The van der Waals surface area contributed by atoms with Crippen LogP contribution in [0.15, 0.2) is 12.1 Å². The molecule has 2 rings (SSSR count). The summed E-state index contributed by atoms with van der Waals surface area (Å²) in [5.74, 6) is 1.54. The second-order valence-electron chi connectivity index (χ2n) is 9.04. The molecule has 4 heteroatoms. The zero-order valence-corrected chi connectivity index (χ0v) is 19.0. The molecule has 166 valence electrons. The van der Waals surface area contributed by atoms with E-state index in [1.54, 1.807) is 13.0 Å². The molecule has 1 aliphatic rings. The van der Waals surface area contributed by atoms with E-state index in [0.717, 1.165) is 12.3 Å². The fourth-order valence-corrected chi connectivity index (χ4v) is 4.85. The molecule has 0 bridgehead atoms. The second-order valence-corrected chi connectivity index (χ2v) is 9.04. The zero-order chi connectivity index (χ0) is 22.1. The molecule has 4 nitrogen and oxygen atoms in total. The van der Waals surface area contributed by atoms with Crippen LogP contribution >= 0.6 is 0 Å². The Morgan fingerprint density at radius 2 is 1.57 bits per heavy atom. The van der Waals surface area contributed by atoms with Crippen LogP contribution in [0.2, 0.25) is 0 Å². The molecule has 0 aliphatic heterocycles. The topological polar surface area (TPSA) is 71.4 Å². The molecule has 1 fully saturated rings. The number of carbonyl (C=O) groups is 3. The largest absolute Gasteiger partial charge is 0.508 e. The number of phenols is 1. The van der Waals surface area contributed by atoms with Gasteiger partial charge in [-0.2, -0.15) is 0 Å². The molecular weight excluding hydrogens is 376 g/mol. The monoisotopic (exact) mass is 414 g/mol. The Bertz CT molecular complexity index is 748. The zero-order valence-electron chi connectivity index (χ0n) is 19.0. The van der Waals surface area contributed by atoms with Crippen LogP contribution in [0.4, 0.5) is 0 Å². The third-order valence-electron chi connectivity index (χ3n) is 6.65. The van der Waals surface area contributed by atoms with E-state index in [9.17, 15) is 19.5 Å². The van der Waals surface area contributed by atoms with Crippen LogP contribution in [0.3, 0.4) is 0 Å². The number of aryl methyl sites for hydroxylation is 1. The van der Waals surface area contributed by atoms with Gasteiger partial charge in [0.05, 0.1) is 0 Å². The summed E-state index contributed by atoms with van der Waals surface area (Å²) < 4.78 is 0. The summed E-state index contributed by atoms with van der Waals surface area (Å²) in [7, 11) is 0. The molecule has 0 amide bonds. The van der Waals surface area contributed by atoms with Crippen molar-refractivity contribution in [2.45, 2.75) is 97.8 Å². The molecule has 1 aromatic rings. The van der Waals surface area contributed by atoms with Gasteiger partial charge in [-0.25, -0.2) is 0 Å². The standard InChI is InChI=1S/C26H38O4/c1-4-9-20-10-5-6-11-21(20)14-15-22(28)12-7-8-13-25(29)24-16-18(2)26(30)17-23(24)19(3)27/h16-17,20-21,30H,4-15H2,1-3H3. The van der Waals surface area contributed by atoms with Crippen LogP contribution in [0, 0.1) is 18.8 Å². The van der Waals surface area contributed by atoms with Crippen molar-refractivity contribution in [3.05, 3.63) is 28.8 Å². The number of benzene rings is 1. The van der Waals surface area contributed by atoms with E-state index in [0.29, 0.717) is 54.9 Å². The van der Waals surface area contributed by atoms with Crippen LogP contribution in [0.5, 0.6) is 5.75 Å². The van der Waals surface area contributed by atoms with Gasteiger partial charge in [0.25, 0.3) is 0 Å². The van der Waals surface area contributed by atoms with E-state index in [2.05, 4.69) is 6.92 Å². The minimum atomic E-state index is -0.229. The van der Waals surface area contributed by atoms with Gasteiger partial charge in [0.2, 0.25) is 0 Å². The van der Waals surface area contributed by atoms with Crippen molar-refractivity contribution in [3.8, 4) is 5.75 Å². The van der Waals surface area contributed by atoms with E-state index in [1.165, 1.54) is 51.5 Å². The van der Waals surface area contributed by atoms with Crippen molar-refractivity contribution >= 4 is 17.3 Å². The third kappa shape index (κ3) is 7.07. The first-order chi connectivity index (χ1) is 14.3. The average molecular weight is 415 g/mol. The van der Waals surface area contributed by atoms with Crippen LogP contribution in [0.25, 0.3) is 0 Å². The Kier molecular flexibility index (Phi) is 9.74. The Hall–Kier alpha value is -1.97. The van der Waals surface area contributed by atoms with Crippen LogP contribution in [-0.2, 0) is 4.79 Å². The van der Waals surface area contributed by atoms with E-state index >= 15 is 0 Å². The number of hydrogen-bond donors (Lipinski definition) is 1. The highest BCUT2D eigenvalue weighted by Gasteiger charge is 2.24. The molecule has 30 heavy (non-hydrogen) atoms. The highest BCUT2D eigenvalue weighted by molar-refractivity contribution is 6.08. The Morgan fingerprint density at radius 3 is 2.20 bits per heavy atom. The van der Waals surface area contributed by atoms with Crippen LogP contribution < -0.4 is 0 Å². The Morgan fingerprint density at radius 1 is 0.933 bits per heavy atom. The van der Waals surface area contributed by atoms with Gasteiger partial charge < -0.3 is 5.11 Å². The summed E-state index contributed by atoms with van der Waals surface area (Å²) in [5, 5.41) is 9.82. The maximum absolute atomic E-state index is 12.6. The van der Waals surface area contributed by atoms with Gasteiger partial charge in [0.15, 0.2) is 11.6 Å². The van der Waals surface area contributed by atoms with E-state index < -0.39 is 0 Å². The molecule has 1 aromatic carbocycles. The normalized spacial score (nSPS) is 18.9. The van der Waals surface area contributed by atoms with Gasteiger partial charge >= 0.3 is 0 Å². The van der Waals surface area contributed by atoms with Gasteiger partial charge in [-0.3, -0.25) is 14.4 Å². The SMILES string of the molecule is CCCC1CCCCC1CCC(=O)CCCCC(=O)c1cc(C)c(O)cc1C(C)=O. The third-order valence-corrected chi connectivity index (χ3v) is 6.65.